The Labute approximate surface area is 165 Å². The smallest absolute Gasteiger partial charge is 0.275 e. The summed E-state index contributed by atoms with van der Waals surface area (Å²) < 4.78 is 39.6. The summed E-state index contributed by atoms with van der Waals surface area (Å²) in [6.45, 7) is 2.93. The Morgan fingerprint density at radius 2 is 1.79 bits per heavy atom. The summed E-state index contributed by atoms with van der Waals surface area (Å²) in [5.41, 5.74) is -0.484. The second-order valence-electron chi connectivity index (χ2n) is 6.71. The molecule has 7 nitrogen and oxygen atoms in total. The number of H-pyrrole nitrogens is 1. The van der Waals surface area contributed by atoms with Crippen LogP contribution in [-0.2, 0) is 9.59 Å². The number of aromatic nitrogens is 1. The van der Waals surface area contributed by atoms with Crippen LogP contribution in [0.4, 0.5) is 24.7 Å². The zero-order valence-electron chi connectivity index (χ0n) is 15.6. The van der Waals surface area contributed by atoms with Crippen LogP contribution in [0.25, 0.3) is 0 Å². The van der Waals surface area contributed by atoms with Crippen molar-refractivity contribution in [1.29, 1.82) is 0 Å². The molecule has 1 saturated heterocycles. The molecule has 1 aliphatic heterocycles. The predicted molar refractivity (Wildman–Crippen MR) is 98.7 cm³/mol. The molecule has 1 aromatic carbocycles. The number of rotatable bonds is 6. The minimum atomic E-state index is -1.66. The van der Waals surface area contributed by atoms with Gasteiger partial charge >= 0.3 is 0 Å². The molecule has 2 aromatic rings. The van der Waals surface area contributed by atoms with Gasteiger partial charge in [0.2, 0.25) is 5.91 Å². The lowest BCUT2D eigenvalue weighted by Gasteiger charge is -2.27. The van der Waals surface area contributed by atoms with E-state index in [1.165, 1.54) is 0 Å². The van der Waals surface area contributed by atoms with E-state index >= 15 is 0 Å². The van der Waals surface area contributed by atoms with Gasteiger partial charge in [-0.2, -0.15) is 0 Å². The molecule has 1 aromatic heterocycles. The van der Waals surface area contributed by atoms with Crippen molar-refractivity contribution in [2.45, 2.75) is 0 Å². The van der Waals surface area contributed by atoms with Crippen molar-refractivity contribution in [3.05, 3.63) is 54.0 Å². The lowest BCUT2D eigenvalue weighted by Crippen LogP contribution is -3.16. The van der Waals surface area contributed by atoms with Gasteiger partial charge in [-0.25, -0.2) is 18.2 Å². The standard InChI is InChI=1S/C19H20F3N5O2/c20-13-4-5-14(19(22)18(13)21)25-16(28)11-24-17(29)12-26-7-9-27(10-8-26)15-3-1-2-6-23-15/h1-6H,7-12H2,(H,24,29)(H,25,28)/p+2. The maximum Gasteiger partial charge on any atom is 0.275 e. The molecule has 0 unspecified atom stereocenters. The van der Waals surface area contributed by atoms with Gasteiger partial charge in [0.15, 0.2) is 24.0 Å². The zero-order valence-corrected chi connectivity index (χ0v) is 15.6. The molecule has 1 aliphatic rings. The number of carbonyl (C=O) groups excluding carboxylic acids is 2. The van der Waals surface area contributed by atoms with Crippen LogP contribution in [-0.4, -0.2) is 51.1 Å². The van der Waals surface area contributed by atoms with E-state index in [4.69, 9.17) is 0 Å². The van der Waals surface area contributed by atoms with Crippen LogP contribution >= 0.6 is 0 Å². The highest BCUT2D eigenvalue weighted by Crippen LogP contribution is 2.19. The highest BCUT2D eigenvalue weighted by Gasteiger charge is 2.27. The van der Waals surface area contributed by atoms with E-state index in [-0.39, 0.29) is 12.5 Å². The maximum atomic E-state index is 13.6. The first kappa shape index (κ1) is 20.6. The molecular formula is C19H22F3N5O2+2. The molecule has 3 rings (SSSR count). The third-order valence-corrected chi connectivity index (χ3v) is 4.67. The van der Waals surface area contributed by atoms with Crippen molar-refractivity contribution < 1.29 is 32.6 Å². The van der Waals surface area contributed by atoms with Crippen LogP contribution in [0.3, 0.4) is 0 Å². The van der Waals surface area contributed by atoms with Crippen LogP contribution in [0, 0.1) is 17.5 Å². The summed E-state index contributed by atoms with van der Waals surface area (Å²) in [4.78, 5) is 30.4. The summed E-state index contributed by atoms with van der Waals surface area (Å²) in [7, 11) is 0. The molecule has 1 fully saturated rings. The van der Waals surface area contributed by atoms with Crippen LogP contribution in [0.2, 0.25) is 0 Å². The number of quaternary nitrogens is 1. The summed E-state index contributed by atoms with van der Waals surface area (Å²) >= 11 is 0. The number of aromatic amines is 1. The number of nitrogens with zero attached hydrogens (tertiary/aromatic N) is 1. The van der Waals surface area contributed by atoms with Crippen molar-refractivity contribution in [2.24, 2.45) is 0 Å². The number of hydrogen-bond acceptors (Lipinski definition) is 3. The lowest BCUT2D eigenvalue weighted by molar-refractivity contribution is -0.892. The average molecular weight is 409 g/mol. The first-order chi connectivity index (χ1) is 13.9. The van der Waals surface area contributed by atoms with Gasteiger partial charge in [-0.1, -0.05) is 6.07 Å². The van der Waals surface area contributed by atoms with E-state index < -0.39 is 35.6 Å². The SMILES string of the molecule is O=C(C[NH+]1CCN(c2cccc[nH+]2)CC1)NCC(=O)Nc1ccc(F)c(F)c1F. The highest BCUT2D eigenvalue weighted by molar-refractivity contribution is 5.94. The van der Waals surface area contributed by atoms with E-state index in [1.807, 2.05) is 24.4 Å². The number of nitrogens with one attached hydrogen (secondary N) is 4. The molecular weight excluding hydrogens is 387 g/mol. The monoisotopic (exact) mass is 409 g/mol. The highest BCUT2D eigenvalue weighted by atomic mass is 19.2. The fourth-order valence-electron chi connectivity index (χ4n) is 3.11. The quantitative estimate of drug-likeness (QED) is 0.557. The van der Waals surface area contributed by atoms with E-state index in [0.29, 0.717) is 6.07 Å². The van der Waals surface area contributed by atoms with Crippen LogP contribution in [0.15, 0.2) is 36.5 Å². The molecule has 0 saturated carbocycles. The minimum absolute atomic E-state index is 0.208. The first-order valence-electron chi connectivity index (χ1n) is 9.19. The third kappa shape index (κ3) is 5.44. The molecule has 4 N–H and O–H groups in total. The number of benzene rings is 1. The Kier molecular flexibility index (Phi) is 6.65. The minimum Gasteiger partial charge on any atom is -0.342 e. The Balaban J connectivity index is 1.40. The molecule has 29 heavy (non-hydrogen) atoms. The number of carbonyl (C=O) groups is 2. The topological polar surface area (TPSA) is 80.0 Å². The number of amides is 2. The Bertz CT molecular complexity index is 874. The summed E-state index contributed by atoms with van der Waals surface area (Å²) in [6, 6.07) is 7.48. The second kappa shape index (κ2) is 9.37. The Morgan fingerprint density at radius 3 is 2.48 bits per heavy atom. The van der Waals surface area contributed by atoms with Gasteiger partial charge in [0.1, 0.15) is 26.2 Å². The number of pyridine rings is 1. The van der Waals surface area contributed by atoms with Crippen molar-refractivity contribution in [3.63, 3.8) is 0 Å². The molecule has 0 atom stereocenters. The fourth-order valence-corrected chi connectivity index (χ4v) is 3.11. The number of anilines is 2. The first-order valence-corrected chi connectivity index (χ1v) is 9.19. The molecule has 0 bridgehead atoms. The average Bonchev–Trinajstić information content (AvgIpc) is 2.74. The van der Waals surface area contributed by atoms with Crippen LogP contribution in [0.1, 0.15) is 0 Å². The van der Waals surface area contributed by atoms with Gasteiger partial charge in [-0.05, 0) is 18.2 Å². The van der Waals surface area contributed by atoms with E-state index in [1.54, 1.807) is 0 Å². The van der Waals surface area contributed by atoms with E-state index in [9.17, 15) is 22.8 Å². The van der Waals surface area contributed by atoms with Crippen molar-refractivity contribution in [1.82, 2.24) is 5.32 Å². The molecule has 2 heterocycles. The van der Waals surface area contributed by atoms with Crippen LogP contribution < -0.4 is 25.4 Å². The molecule has 154 valence electrons. The maximum absolute atomic E-state index is 13.6. The predicted octanol–water partition coefficient (Wildman–Crippen LogP) is -0.622. The molecule has 0 aliphatic carbocycles. The number of halogens is 3. The van der Waals surface area contributed by atoms with Gasteiger partial charge in [0.05, 0.1) is 18.4 Å². The van der Waals surface area contributed by atoms with Crippen molar-refractivity contribution in [3.8, 4) is 0 Å². The van der Waals surface area contributed by atoms with Crippen molar-refractivity contribution >= 4 is 23.3 Å². The Hall–Kier alpha value is -3.14. The largest absolute Gasteiger partial charge is 0.342 e. The van der Waals surface area contributed by atoms with Crippen molar-refractivity contribution in [2.75, 3.05) is 49.5 Å². The van der Waals surface area contributed by atoms with Gasteiger partial charge in [0.25, 0.3) is 11.7 Å². The molecule has 0 radical (unpaired) electrons. The van der Waals surface area contributed by atoms with Gasteiger partial charge < -0.3 is 15.5 Å². The zero-order chi connectivity index (χ0) is 20.8. The van der Waals surface area contributed by atoms with Gasteiger partial charge in [-0.3, -0.25) is 14.5 Å². The molecule has 2 amide bonds. The van der Waals surface area contributed by atoms with Gasteiger partial charge in [-0.15, -0.1) is 0 Å². The summed E-state index contributed by atoms with van der Waals surface area (Å²) in [5.74, 6) is -4.52. The number of hydrogen-bond donors (Lipinski definition) is 3. The third-order valence-electron chi connectivity index (χ3n) is 4.67. The molecule has 10 heteroatoms. The Morgan fingerprint density at radius 1 is 1.03 bits per heavy atom. The van der Waals surface area contributed by atoms with Gasteiger partial charge in [0, 0.05) is 6.07 Å². The lowest BCUT2D eigenvalue weighted by atomic mass is 10.2. The normalized spacial score (nSPS) is 14.5. The molecule has 0 spiro atoms. The van der Waals surface area contributed by atoms with Crippen LogP contribution in [0.5, 0.6) is 0 Å². The summed E-state index contributed by atoms with van der Waals surface area (Å²) in [6.07, 6.45) is 1.86. The van der Waals surface area contributed by atoms with E-state index in [2.05, 4.69) is 20.5 Å². The number of piperazine rings is 1. The second-order valence-corrected chi connectivity index (χ2v) is 6.71. The summed E-state index contributed by atoms with van der Waals surface area (Å²) in [5, 5.41) is 4.57. The fraction of sp³-hybridized carbons (Fsp3) is 0.316. The van der Waals surface area contributed by atoms with E-state index in [0.717, 1.165) is 43.0 Å².